The Labute approximate surface area is 296 Å². The van der Waals surface area contributed by atoms with E-state index in [4.69, 9.17) is 33.2 Å². The van der Waals surface area contributed by atoms with Crippen LogP contribution in [0.1, 0.15) is 56.9 Å². The van der Waals surface area contributed by atoms with Crippen molar-refractivity contribution in [2.24, 2.45) is 0 Å². The standard InChI is InChI=1S/C38H43NO12/c1-7-27-13-15-28(16-14-27)19-30-17-18-31(39(6)38(44)46-21-29-11-9-8-10-12-29)20-32(30)50-37-36(49-26(5)43)35(48-25(4)42)34(47-24(3)41)33(51-37)22-45-23(2)40/h8-18,20,33-37H,7,19,21-22H2,1-6H3/t33-,34-,35+,36-,37-/m1/s1. The van der Waals surface area contributed by atoms with Crippen molar-refractivity contribution in [3.63, 3.8) is 0 Å². The summed E-state index contributed by atoms with van der Waals surface area (Å²) in [5, 5.41) is 0. The van der Waals surface area contributed by atoms with Crippen molar-refractivity contribution in [1.82, 2.24) is 0 Å². The van der Waals surface area contributed by atoms with E-state index in [1.807, 2.05) is 54.6 Å². The summed E-state index contributed by atoms with van der Waals surface area (Å²) in [6.07, 6.45) is -6.24. The lowest BCUT2D eigenvalue weighted by atomic mass is 9.97. The highest BCUT2D eigenvalue weighted by molar-refractivity contribution is 5.87. The molecule has 3 aromatic carbocycles. The fourth-order valence-electron chi connectivity index (χ4n) is 5.45. The fourth-order valence-corrected chi connectivity index (χ4v) is 5.45. The van der Waals surface area contributed by atoms with E-state index in [1.165, 1.54) is 17.4 Å². The lowest BCUT2D eigenvalue weighted by Crippen LogP contribution is -2.63. The summed E-state index contributed by atoms with van der Waals surface area (Å²) >= 11 is 0. The summed E-state index contributed by atoms with van der Waals surface area (Å²) in [5.41, 5.74) is 4.01. The largest absolute Gasteiger partial charge is 0.463 e. The molecule has 0 radical (unpaired) electrons. The number of esters is 4. The number of benzene rings is 3. The molecular formula is C38H43NO12. The van der Waals surface area contributed by atoms with Crippen molar-refractivity contribution < 1.29 is 57.1 Å². The van der Waals surface area contributed by atoms with Crippen LogP contribution >= 0.6 is 0 Å². The monoisotopic (exact) mass is 705 g/mol. The molecule has 51 heavy (non-hydrogen) atoms. The number of rotatable bonds is 13. The van der Waals surface area contributed by atoms with Crippen molar-refractivity contribution in [2.75, 3.05) is 18.6 Å². The Morgan fingerprint density at radius 1 is 0.686 bits per heavy atom. The van der Waals surface area contributed by atoms with Gasteiger partial charge in [-0.05, 0) is 34.7 Å². The van der Waals surface area contributed by atoms with Crippen molar-refractivity contribution in [3.05, 3.63) is 95.1 Å². The Kier molecular flexibility index (Phi) is 13.5. The summed E-state index contributed by atoms with van der Waals surface area (Å²) in [6, 6.07) is 22.4. The molecule has 1 heterocycles. The molecule has 0 bridgehead atoms. The van der Waals surface area contributed by atoms with Gasteiger partial charge in [0.25, 0.3) is 0 Å². The van der Waals surface area contributed by atoms with Gasteiger partial charge in [-0.25, -0.2) is 4.79 Å². The third kappa shape index (κ3) is 11.0. The lowest BCUT2D eigenvalue weighted by molar-refractivity contribution is -0.288. The van der Waals surface area contributed by atoms with Crippen molar-refractivity contribution in [2.45, 2.75) is 84.8 Å². The number of carbonyl (C=O) groups is 5. The van der Waals surface area contributed by atoms with Gasteiger partial charge >= 0.3 is 30.0 Å². The van der Waals surface area contributed by atoms with Crippen LogP contribution in [0, 0.1) is 0 Å². The second-order valence-corrected chi connectivity index (χ2v) is 11.9. The number of ether oxygens (including phenoxy) is 7. The molecule has 0 saturated carbocycles. The number of amides is 1. The zero-order valence-electron chi connectivity index (χ0n) is 29.5. The summed E-state index contributed by atoms with van der Waals surface area (Å²) in [7, 11) is 1.55. The highest BCUT2D eigenvalue weighted by Crippen LogP contribution is 2.34. The predicted molar refractivity (Wildman–Crippen MR) is 183 cm³/mol. The maximum absolute atomic E-state index is 13.1. The summed E-state index contributed by atoms with van der Waals surface area (Å²) < 4.78 is 40.0. The average molecular weight is 706 g/mol. The maximum atomic E-state index is 13.1. The molecule has 0 aliphatic carbocycles. The minimum absolute atomic E-state index is 0.0595. The first-order valence-electron chi connectivity index (χ1n) is 16.5. The molecule has 0 unspecified atom stereocenters. The molecule has 1 aliphatic rings. The smallest absolute Gasteiger partial charge is 0.414 e. The van der Waals surface area contributed by atoms with Gasteiger partial charge in [0.15, 0.2) is 12.2 Å². The van der Waals surface area contributed by atoms with E-state index in [9.17, 15) is 24.0 Å². The van der Waals surface area contributed by atoms with Gasteiger partial charge in [-0.15, -0.1) is 0 Å². The number of anilines is 1. The van der Waals surface area contributed by atoms with E-state index < -0.39 is 67.3 Å². The molecule has 1 aliphatic heterocycles. The SMILES string of the molecule is CCc1ccc(Cc2ccc(N(C)C(=O)OCc3ccccc3)cc2O[C@@H]2O[C@H](COC(C)=O)[C@@H](OC(C)=O)[C@H](OC(C)=O)[C@H]2OC(C)=O)cc1. The van der Waals surface area contributed by atoms with Crippen LogP contribution in [0.3, 0.4) is 0 Å². The molecule has 3 aromatic rings. The van der Waals surface area contributed by atoms with Gasteiger partial charge in [0.1, 0.15) is 25.1 Å². The van der Waals surface area contributed by atoms with E-state index in [0.717, 1.165) is 38.3 Å². The van der Waals surface area contributed by atoms with Gasteiger partial charge in [0.05, 0.1) is 5.69 Å². The predicted octanol–water partition coefficient (Wildman–Crippen LogP) is 5.07. The van der Waals surface area contributed by atoms with E-state index in [1.54, 1.807) is 25.2 Å². The molecular weight excluding hydrogens is 662 g/mol. The molecule has 1 amide bonds. The van der Waals surface area contributed by atoms with Crippen LogP contribution in [-0.2, 0) is 67.0 Å². The van der Waals surface area contributed by atoms with Crippen LogP contribution < -0.4 is 9.64 Å². The van der Waals surface area contributed by atoms with Crippen LogP contribution in [0.25, 0.3) is 0 Å². The van der Waals surface area contributed by atoms with Crippen molar-refractivity contribution >= 4 is 35.7 Å². The van der Waals surface area contributed by atoms with E-state index >= 15 is 0 Å². The van der Waals surface area contributed by atoms with Gasteiger partial charge in [0.2, 0.25) is 12.4 Å². The Hall–Kier alpha value is -5.43. The molecule has 13 heteroatoms. The number of hydrogen-bond acceptors (Lipinski definition) is 12. The van der Waals surface area contributed by atoms with E-state index in [-0.39, 0.29) is 12.4 Å². The van der Waals surface area contributed by atoms with Crippen molar-refractivity contribution in [1.29, 1.82) is 0 Å². The normalized spacial score (nSPS) is 19.6. The van der Waals surface area contributed by atoms with Gasteiger partial charge < -0.3 is 33.2 Å². The number of carbonyl (C=O) groups excluding carboxylic acids is 5. The van der Waals surface area contributed by atoms with Crippen LogP contribution in [-0.4, -0.2) is 74.3 Å². The van der Waals surface area contributed by atoms with Crippen LogP contribution in [0.15, 0.2) is 72.8 Å². The third-order valence-electron chi connectivity index (χ3n) is 7.93. The topological polar surface area (TPSA) is 153 Å². The first-order chi connectivity index (χ1) is 24.3. The highest BCUT2D eigenvalue weighted by Gasteiger charge is 2.53. The Morgan fingerprint density at radius 3 is 1.90 bits per heavy atom. The molecule has 5 atom stereocenters. The molecule has 0 aromatic heterocycles. The van der Waals surface area contributed by atoms with Crippen LogP contribution in [0.2, 0.25) is 0 Å². The quantitative estimate of drug-likeness (QED) is 0.172. The molecule has 1 fully saturated rings. The molecule has 13 nitrogen and oxygen atoms in total. The molecule has 1 saturated heterocycles. The Balaban J connectivity index is 1.74. The Bertz CT molecular complexity index is 1680. The molecule has 0 spiro atoms. The fraction of sp³-hybridized carbons (Fsp3) is 0.395. The first kappa shape index (κ1) is 38.4. The molecule has 272 valence electrons. The van der Waals surface area contributed by atoms with Crippen molar-refractivity contribution in [3.8, 4) is 5.75 Å². The van der Waals surface area contributed by atoms with E-state index in [2.05, 4.69) is 6.92 Å². The van der Waals surface area contributed by atoms with Crippen LogP contribution in [0.4, 0.5) is 10.5 Å². The first-order valence-corrected chi connectivity index (χ1v) is 16.5. The average Bonchev–Trinajstić information content (AvgIpc) is 3.09. The summed E-state index contributed by atoms with van der Waals surface area (Å²) in [5.74, 6) is -2.69. The minimum atomic E-state index is -1.47. The zero-order chi connectivity index (χ0) is 37.1. The molecule has 0 N–H and O–H groups in total. The number of hydrogen-bond donors (Lipinski definition) is 0. The third-order valence-corrected chi connectivity index (χ3v) is 7.93. The second kappa shape index (κ2) is 18.0. The molecule has 4 rings (SSSR count). The highest BCUT2D eigenvalue weighted by atomic mass is 16.7. The number of aryl methyl sites for hydroxylation is 1. The summed E-state index contributed by atoms with van der Waals surface area (Å²) in [6.45, 7) is 6.33. The van der Waals surface area contributed by atoms with E-state index in [0.29, 0.717) is 17.7 Å². The maximum Gasteiger partial charge on any atom is 0.414 e. The lowest BCUT2D eigenvalue weighted by Gasteiger charge is -2.44. The number of nitrogens with zero attached hydrogens (tertiary/aromatic N) is 1. The van der Waals surface area contributed by atoms with Crippen LogP contribution in [0.5, 0.6) is 5.75 Å². The summed E-state index contributed by atoms with van der Waals surface area (Å²) in [4.78, 5) is 63.1. The zero-order valence-corrected chi connectivity index (χ0v) is 29.5. The Morgan fingerprint density at radius 2 is 1.29 bits per heavy atom. The minimum Gasteiger partial charge on any atom is -0.463 e. The van der Waals surface area contributed by atoms with Gasteiger partial charge in [0, 0.05) is 47.2 Å². The van der Waals surface area contributed by atoms with Gasteiger partial charge in [-0.3, -0.25) is 24.1 Å². The van der Waals surface area contributed by atoms with Gasteiger partial charge in [-0.1, -0.05) is 67.6 Å². The second-order valence-electron chi connectivity index (χ2n) is 11.9. The van der Waals surface area contributed by atoms with Gasteiger partial charge in [-0.2, -0.15) is 0 Å².